The number of rotatable bonds is 6. The zero-order chi connectivity index (χ0) is 13.1. The summed E-state index contributed by atoms with van der Waals surface area (Å²) in [6, 6.07) is 0. The molecule has 2 rings (SSSR count). The highest BCUT2D eigenvalue weighted by Gasteiger charge is 2.51. The summed E-state index contributed by atoms with van der Waals surface area (Å²) in [4.78, 5) is 0. The molecular formula is C14H22O4. The normalized spacial score (nSPS) is 38.1. The lowest BCUT2D eigenvalue weighted by Gasteiger charge is -2.21. The van der Waals surface area contributed by atoms with Gasteiger partial charge in [-0.05, 0) is 12.8 Å². The fourth-order valence-corrected chi connectivity index (χ4v) is 2.91. The first-order valence-electron chi connectivity index (χ1n) is 6.50. The molecule has 0 aliphatic carbocycles. The lowest BCUT2D eigenvalue weighted by Crippen LogP contribution is -2.35. The number of hydrogen-bond acceptors (Lipinski definition) is 4. The summed E-state index contributed by atoms with van der Waals surface area (Å²) >= 11 is 0. The molecule has 0 saturated carbocycles. The van der Waals surface area contributed by atoms with Gasteiger partial charge in [0.25, 0.3) is 0 Å². The SMILES string of the molecule is C=CC[C@H](O)[C@@H]1CO[C@@H]2[C@@H]([C@@H](O)CC=C)CO[C@H]12. The standard InChI is InChI=1S/C14H22O4/c1-3-5-11(15)9-7-17-14-10(8-18-13(9)14)12(16)6-4-2/h3-4,9-16H,1-2,5-8H2/t9-,10+,11-,12-,13+,14+/m0/s1. The summed E-state index contributed by atoms with van der Waals surface area (Å²) in [6.45, 7) is 8.24. The summed E-state index contributed by atoms with van der Waals surface area (Å²) in [5.74, 6) is -0.0390. The van der Waals surface area contributed by atoms with Gasteiger partial charge in [0.1, 0.15) is 0 Å². The van der Waals surface area contributed by atoms with Gasteiger partial charge in [0.05, 0.1) is 37.6 Å². The van der Waals surface area contributed by atoms with E-state index in [1.165, 1.54) is 0 Å². The van der Waals surface area contributed by atoms with Crippen LogP contribution < -0.4 is 0 Å². The Bertz CT molecular complexity index is 274. The lowest BCUT2D eigenvalue weighted by atomic mass is 9.88. The maximum atomic E-state index is 10.0. The van der Waals surface area contributed by atoms with Crippen molar-refractivity contribution in [2.24, 2.45) is 11.8 Å². The van der Waals surface area contributed by atoms with E-state index in [9.17, 15) is 10.2 Å². The van der Waals surface area contributed by atoms with E-state index in [0.29, 0.717) is 26.1 Å². The predicted molar refractivity (Wildman–Crippen MR) is 68.1 cm³/mol. The highest BCUT2D eigenvalue weighted by atomic mass is 16.6. The van der Waals surface area contributed by atoms with Crippen LogP contribution in [0.15, 0.2) is 25.3 Å². The van der Waals surface area contributed by atoms with Crippen molar-refractivity contribution >= 4 is 0 Å². The topological polar surface area (TPSA) is 58.9 Å². The Morgan fingerprint density at radius 1 is 0.944 bits per heavy atom. The van der Waals surface area contributed by atoms with Gasteiger partial charge < -0.3 is 19.7 Å². The number of hydrogen-bond donors (Lipinski definition) is 2. The molecule has 0 spiro atoms. The molecule has 2 N–H and O–H groups in total. The van der Waals surface area contributed by atoms with Crippen LogP contribution in [0.3, 0.4) is 0 Å². The molecule has 0 aromatic heterocycles. The Hall–Kier alpha value is -0.680. The van der Waals surface area contributed by atoms with Gasteiger partial charge in [-0.25, -0.2) is 0 Å². The first-order chi connectivity index (χ1) is 8.69. The third-order valence-corrected chi connectivity index (χ3v) is 3.93. The minimum atomic E-state index is -0.479. The lowest BCUT2D eigenvalue weighted by molar-refractivity contribution is -0.00113. The van der Waals surface area contributed by atoms with Crippen molar-refractivity contribution in [3.05, 3.63) is 25.3 Å². The zero-order valence-electron chi connectivity index (χ0n) is 10.6. The molecule has 0 bridgehead atoms. The number of ether oxygens (including phenoxy) is 2. The molecule has 2 aliphatic heterocycles. The Labute approximate surface area is 108 Å². The van der Waals surface area contributed by atoms with E-state index < -0.39 is 12.2 Å². The van der Waals surface area contributed by atoms with Crippen LogP contribution in [0.5, 0.6) is 0 Å². The summed E-state index contributed by atoms with van der Waals surface area (Å²) in [5, 5.41) is 20.0. The maximum Gasteiger partial charge on any atom is 0.0916 e. The molecule has 18 heavy (non-hydrogen) atoms. The molecule has 0 aromatic rings. The summed E-state index contributed by atoms with van der Waals surface area (Å²) in [7, 11) is 0. The molecule has 0 unspecified atom stereocenters. The molecule has 4 nitrogen and oxygen atoms in total. The second-order valence-corrected chi connectivity index (χ2v) is 5.11. The monoisotopic (exact) mass is 254 g/mol. The Kier molecular flexibility index (Phi) is 4.56. The highest BCUT2D eigenvalue weighted by molar-refractivity contribution is 4.99. The minimum Gasteiger partial charge on any atom is -0.392 e. The molecule has 0 aromatic carbocycles. The smallest absolute Gasteiger partial charge is 0.0916 e. The largest absolute Gasteiger partial charge is 0.392 e. The van der Waals surface area contributed by atoms with E-state index in [1.807, 2.05) is 0 Å². The van der Waals surface area contributed by atoms with Gasteiger partial charge >= 0.3 is 0 Å². The van der Waals surface area contributed by atoms with Gasteiger partial charge in [-0.15, -0.1) is 13.2 Å². The van der Waals surface area contributed by atoms with Crippen LogP contribution in [0.25, 0.3) is 0 Å². The van der Waals surface area contributed by atoms with Crippen LogP contribution in [0.1, 0.15) is 12.8 Å². The summed E-state index contributed by atoms with van der Waals surface area (Å²) in [6.07, 6.45) is 3.32. The second kappa shape index (κ2) is 5.97. The van der Waals surface area contributed by atoms with E-state index >= 15 is 0 Å². The van der Waals surface area contributed by atoms with E-state index in [4.69, 9.17) is 9.47 Å². The molecular weight excluding hydrogens is 232 g/mol. The van der Waals surface area contributed by atoms with Crippen molar-refractivity contribution in [2.45, 2.75) is 37.3 Å². The van der Waals surface area contributed by atoms with E-state index in [1.54, 1.807) is 12.2 Å². The summed E-state index contributed by atoms with van der Waals surface area (Å²) in [5.41, 5.74) is 0. The zero-order valence-corrected chi connectivity index (χ0v) is 10.6. The second-order valence-electron chi connectivity index (χ2n) is 5.11. The van der Waals surface area contributed by atoms with Crippen molar-refractivity contribution in [2.75, 3.05) is 13.2 Å². The van der Waals surface area contributed by atoms with E-state index in [2.05, 4.69) is 13.2 Å². The van der Waals surface area contributed by atoms with Gasteiger partial charge in [-0.3, -0.25) is 0 Å². The molecule has 0 amide bonds. The maximum absolute atomic E-state index is 10.0. The Morgan fingerprint density at radius 2 is 1.33 bits per heavy atom. The highest BCUT2D eigenvalue weighted by Crippen LogP contribution is 2.38. The predicted octanol–water partition coefficient (Wildman–Crippen LogP) is 0.890. The fourth-order valence-electron chi connectivity index (χ4n) is 2.91. The van der Waals surface area contributed by atoms with E-state index in [0.717, 1.165) is 0 Å². The van der Waals surface area contributed by atoms with Crippen LogP contribution in [0.2, 0.25) is 0 Å². The van der Waals surface area contributed by atoms with Gasteiger partial charge in [0.15, 0.2) is 0 Å². The third-order valence-electron chi connectivity index (χ3n) is 3.93. The summed E-state index contributed by atoms with van der Waals surface area (Å²) < 4.78 is 11.4. The number of fused-ring (bicyclic) bond motifs is 1. The van der Waals surface area contributed by atoms with Gasteiger partial charge in [0, 0.05) is 11.8 Å². The van der Waals surface area contributed by atoms with Crippen LogP contribution in [-0.2, 0) is 9.47 Å². The van der Waals surface area contributed by atoms with Crippen molar-refractivity contribution in [3.8, 4) is 0 Å². The van der Waals surface area contributed by atoms with Crippen LogP contribution in [0, 0.1) is 11.8 Å². The number of aliphatic hydroxyl groups is 2. The molecule has 4 heteroatoms. The molecule has 2 heterocycles. The van der Waals surface area contributed by atoms with Crippen molar-refractivity contribution in [3.63, 3.8) is 0 Å². The van der Waals surface area contributed by atoms with Gasteiger partial charge in [-0.1, -0.05) is 12.2 Å². The van der Waals surface area contributed by atoms with Gasteiger partial charge in [0.2, 0.25) is 0 Å². The van der Waals surface area contributed by atoms with Crippen molar-refractivity contribution < 1.29 is 19.7 Å². The number of aliphatic hydroxyl groups excluding tert-OH is 2. The molecule has 2 aliphatic rings. The van der Waals surface area contributed by atoms with Crippen molar-refractivity contribution in [1.29, 1.82) is 0 Å². The van der Waals surface area contributed by atoms with E-state index in [-0.39, 0.29) is 24.0 Å². The van der Waals surface area contributed by atoms with Crippen LogP contribution in [0.4, 0.5) is 0 Å². The molecule has 0 radical (unpaired) electrons. The quantitative estimate of drug-likeness (QED) is 0.691. The van der Waals surface area contributed by atoms with Gasteiger partial charge in [-0.2, -0.15) is 0 Å². The van der Waals surface area contributed by atoms with Crippen LogP contribution >= 0.6 is 0 Å². The molecule has 2 saturated heterocycles. The van der Waals surface area contributed by atoms with Crippen molar-refractivity contribution in [1.82, 2.24) is 0 Å². The first-order valence-corrected chi connectivity index (χ1v) is 6.50. The minimum absolute atomic E-state index is 0.0195. The molecule has 2 fully saturated rings. The molecule has 6 atom stereocenters. The third kappa shape index (κ3) is 2.52. The molecule has 102 valence electrons. The average molecular weight is 254 g/mol. The average Bonchev–Trinajstić information content (AvgIpc) is 2.89. The van der Waals surface area contributed by atoms with Crippen LogP contribution in [-0.4, -0.2) is 47.8 Å². The fraction of sp³-hybridized carbons (Fsp3) is 0.714. The Morgan fingerprint density at radius 3 is 1.67 bits per heavy atom. The Balaban J connectivity index is 1.98. The first kappa shape index (κ1) is 13.7.